The van der Waals surface area contributed by atoms with Crippen LogP contribution in [-0.2, 0) is 16.3 Å². The van der Waals surface area contributed by atoms with Crippen molar-refractivity contribution >= 4 is 20.7 Å². The highest BCUT2D eigenvalue weighted by Gasteiger charge is 2.13. The Labute approximate surface area is 114 Å². The molecule has 2 rings (SSSR count). The number of nitrogens with one attached hydrogen (secondary N) is 2. The van der Waals surface area contributed by atoms with Crippen molar-refractivity contribution in [3.8, 4) is 0 Å². The topological polar surface area (TPSA) is 62.0 Å². The van der Waals surface area contributed by atoms with Gasteiger partial charge in [0.2, 0.25) is 0 Å². The number of hydrogen-bond acceptors (Lipinski definition) is 3. The SMILES string of the molecule is CCNCCc1c[nH]c2ccc(S(=O)(=O)CC)cc12. The molecule has 2 N–H and O–H groups in total. The second-order valence-electron chi connectivity index (χ2n) is 4.53. The molecular weight excluding hydrogens is 260 g/mol. The summed E-state index contributed by atoms with van der Waals surface area (Å²) in [7, 11) is -3.14. The van der Waals surface area contributed by atoms with Crippen molar-refractivity contribution in [3.05, 3.63) is 30.0 Å². The van der Waals surface area contributed by atoms with E-state index in [2.05, 4.69) is 17.2 Å². The highest BCUT2D eigenvalue weighted by molar-refractivity contribution is 7.91. The van der Waals surface area contributed by atoms with Crippen LogP contribution in [0.25, 0.3) is 10.9 Å². The molecule has 19 heavy (non-hydrogen) atoms. The fraction of sp³-hybridized carbons (Fsp3) is 0.429. The third-order valence-corrected chi connectivity index (χ3v) is 5.03. The van der Waals surface area contributed by atoms with Gasteiger partial charge in [0.15, 0.2) is 9.84 Å². The minimum absolute atomic E-state index is 0.135. The molecule has 1 aromatic carbocycles. The van der Waals surface area contributed by atoms with E-state index < -0.39 is 9.84 Å². The van der Waals surface area contributed by atoms with Gasteiger partial charge in [-0.1, -0.05) is 13.8 Å². The zero-order valence-electron chi connectivity index (χ0n) is 11.4. The fourth-order valence-electron chi connectivity index (χ4n) is 2.12. The fourth-order valence-corrected chi connectivity index (χ4v) is 3.03. The third-order valence-electron chi connectivity index (χ3n) is 3.30. The van der Waals surface area contributed by atoms with Gasteiger partial charge in [0.1, 0.15) is 0 Å². The molecule has 0 fully saturated rings. The summed E-state index contributed by atoms with van der Waals surface area (Å²) in [5.74, 6) is 0.135. The average molecular weight is 280 g/mol. The minimum Gasteiger partial charge on any atom is -0.361 e. The van der Waals surface area contributed by atoms with Crippen LogP contribution in [0, 0.1) is 0 Å². The second kappa shape index (κ2) is 5.75. The summed E-state index contributed by atoms with van der Waals surface area (Å²) in [5.41, 5.74) is 2.14. The molecule has 2 aromatic rings. The van der Waals surface area contributed by atoms with Gasteiger partial charge in [0.25, 0.3) is 0 Å². The molecule has 104 valence electrons. The number of rotatable bonds is 6. The van der Waals surface area contributed by atoms with Crippen LogP contribution in [0.2, 0.25) is 0 Å². The Morgan fingerprint density at radius 2 is 2.05 bits per heavy atom. The van der Waals surface area contributed by atoms with Crippen molar-refractivity contribution in [2.45, 2.75) is 25.2 Å². The zero-order chi connectivity index (χ0) is 13.9. The summed E-state index contributed by atoms with van der Waals surface area (Å²) >= 11 is 0. The van der Waals surface area contributed by atoms with Crippen molar-refractivity contribution in [1.29, 1.82) is 0 Å². The average Bonchev–Trinajstić information content (AvgIpc) is 2.82. The first-order valence-electron chi connectivity index (χ1n) is 6.62. The summed E-state index contributed by atoms with van der Waals surface area (Å²) in [6.07, 6.45) is 2.85. The minimum atomic E-state index is -3.14. The van der Waals surface area contributed by atoms with E-state index in [9.17, 15) is 8.42 Å². The Hall–Kier alpha value is -1.33. The van der Waals surface area contributed by atoms with Crippen LogP contribution in [0.4, 0.5) is 0 Å². The van der Waals surface area contributed by atoms with Crippen molar-refractivity contribution in [2.24, 2.45) is 0 Å². The molecule has 0 saturated carbocycles. The number of fused-ring (bicyclic) bond motifs is 1. The standard InChI is InChI=1S/C14H20N2O2S/c1-3-15-8-7-11-10-16-14-6-5-12(9-13(11)14)19(17,18)4-2/h5-6,9-10,15-16H,3-4,7-8H2,1-2H3. The summed E-state index contributed by atoms with van der Waals surface area (Å²) in [6, 6.07) is 5.30. The van der Waals surface area contributed by atoms with Gasteiger partial charge in [0.05, 0.1) is 10.6 Å². The van der Waals surface area contributed by atoms with Gasteiger partial charge >= 0.3 is 0 Å². The molecule has 0 aliphatic rings. The molecule has 0 bridgehead atoms. The van der Waals surface area contributed by atoms with Crippen molar-refractivity contribution in [1.82, 2.24) is 10.3 Å². The molecule has 1 aromatic heterocycles. The first-order valence-corrected chi connectivity index (χ1v) is 8.27. The van der Waals surface area contributed by atoms with Crippen LogP contribution in [0.3, 0.4) is 0 Å². The molecule has 0 aliphatic carbocycles. The van der Waals surface area contributed by atoms with Gasteiger partial charge in [-0.25, -0.2) is 8.42 Å². The molecule has 0 unspecified atom stereocenters. The number of hydrogen-bond donors (Lipinski definition) is 2. The Kier molecular flexibility index (Phi) is 4.27. The predicted molar refractivity (Wildman–Crippen MR) is 78.3 cm³/mol. The Balaban J connectivity index is 2.37. The van der Waals surface area contributed by atoms with E-state index in [1.54, 1.807) is 19.1 Å². The molecule has 4 nitrogen and oxygen atoms in total. The Morgan fingerprint density at radius 1 is 1.26 bits per heavy atom. The quantitative estimate of drug-likeness (QED) is 0.797. The van der Waals surface area contributed by atoms with E-state index in [1.165, 1.54) is 0 Å². The van der Waals surface area contributed by atoms with Gasteiger partial charge < -0.3 is 10.3 Å². The van der Waals surface area contributed by atoms with Crippen LogP contribution in [0.5, 0.6) is 0 Å². The lowest BCUT2D eigenvalue weighted by Gasteiger charge is -2.04. The molecule has 0 radical (unpaired) electrons. The van der Waals surface area contributed by atoms with Crippen LogP contribution in [-0.4, -0.2) is 32.2 Å². The van der Waals surface area contributed by atoms with Gasteiger partial charge in [-0.3, -0.25) is 0 Å². The first kappa shape index (κ1) is 14.1. The maximum atomic E-state index is 11.9. The molecule has 0 atom stereocenters. The molecule has 0 amide bonds. The molecule has 1 heterocycles. The number of aromatic amines is 1. The number of benzene rings is 1. The number of H-pyrrole nitrogens is 1. The van der Waals surface area contributed by atoms with Gasteiger partial charge in [-0.15, -0.1) is 0 Å². The molecule has 0 aliphatic heterocycles. The van der Waals surface area contributed by atoms with E-state index in [-0.39, 0.29) is 5.75 Å². The van der Waals surface area contributed by atoms with Gasteiger partial charge in [-0.05, 0) is 43.3 Å². The van der Waals surface area contributed by atoms with E-state index in [0.717, 1.165) is 36.0 Å². The Morgan fingerprint density at radius 3 is 2.74 bits per heavy atom. The van der Waals surface area contributed by atoms with Crippen molar-refractivity contribution in [2.75, 3.05) is 18.8 Å². The summed E-state index contributed by atoms with van der Waals surface area (Å²) in [5, 5.41) is 4.28. The zero-order valence-corrected chi connectivity index (χ0v) is 12.2. The summed E-state index contributed by atoms with van der Waals surface area (Å²) in [6.45, 7) is 5.58. The van der Waals surface area contributed by atoms with Crippen molar-refractivity contribution in [3.63, 3.8) is 0 Å². The smallest absolute Gasteiger partial charge is 0.178 e. The third kappa shape index (κ3) is 2.98. The Bertz CT molecular complexity index is 659. The maximum Gasteiger partial charge on any atom is 0.178 e. The van der Waals surface area contributed by atoms with Gasteiger partial charge in [-0.2, -0.15) is 0 Å². The lowest BCUT2D eigenvalue weighted by Crippen LogP contribution is -2.15. The highest BCUT2D eigenvalue weighted by atomic mass is 32.2. The first-order chi connectivity index (χ1) is 9.08. The maximum absolute atomic E-state index is 11.9. The van der Waals surface area contributed by atoms with E-state index in [0.29, 0.717) is 4.90 Å². The van der Waals surface area contributed by atoms with Gasteiger partial charge in [0, 0.05) is 17.1 Å². The number of sulfone groups is 1. The summed E-state index contributed by atoms with van der Waals surface area (Å²) in [4.78, 5) is 3.60. The summed E-state index contributed by atoms with van der Waals surface area (Å²) < 4.78 is 23.8. The molecule has 0 spiro atoms. The van der Waals surface area contributed by atoms with Crippen LogP contribution >= 0.6 is 0 Å². The lowest BCUT2D eigenvalue weighted by atomic mass is 10.1. The van der Waals surface area contributed by atoms with Crippen LogP contribution in [0.1, 0.15) is 19.4 Å². The van der Waals surface area contributed by atoms with E-state index in [1.807, 2.05) is 12.3 Å². The highest BCUT2D eigenvalue weighted by Crippen LogP contribution is 2.23. The lowest BCUT2D eigenvalue weighted by molar-refractivity contribution is 0.597. The monoisotopic (exact) mass is 280 g/mol. The van der Waals surface area contributed by atoms with E-state index in [4.69, 9.17) is 0 Å². The number of likely N-dealkylation sites (N-methyl/N-ethyl adjacent to an activating group) is 1. The molecular formula is C14H20N2O2S. The van der Waals surface area contributed by atoms with Crippen molar-refractivity contribution < 1.29 is 8.42 Å². The predicted octanol–water partition coefficient (Wildman–Crippen LogP) is 2.11. The van der Waals surface area contributed by atoms with Crippen LogP contribution in [0.15, 0.2) is 29.3 Å². The van der Waals surface area contributed by atoms with Crippen LogP contribution < -0.4 is 5.32 Å². The number of aromatic nitrogens is 1. The second-order valence-corrected chi connectivity index (χ2v) is 6.81. The molecule has 0 saturated heterocycles. The largest absolute Gasteiger partial charge is 0.361 e. The molecule has 5 heteroatoms. The van der Waals surface area contributed by atoms with E-state index >= 15 is 0 Å². The normalized spacial score (nSPS) is 12.1.